The molecule has 2 heterocycles. The molecule has 0 radical (unpaired) electrons. The molecule has 2 aromatic rings. The summed E-state index contributed by atoms with van der Waals surface area (Å²) in [5, 5.41) is 25.1. The number of carbonyl (C=O) groups is 1. The van der Waals surface area contributed by atoms with E-state index in [2.05, 4.69) is 11.4 Å². The Labute approximate surface area is 202 Å². The molecule has 3 N–H and O–H groups in total. The Morgan fingerprint density at radius 2 is 1.62 bits per heavy atom. The summed E-state index contributed by atoms with van der Waals surface area (Å²) in [6.07, 6.45) is 7.04. The number of nitrogens with one attached hydrogen (secondary N) is 1. The number of esters is 1. The summed E-state index contributed by atoms with van der Waals surface area (Å²) in [6.45, 7) is 1.47. The second kappa shape index (κ2) is 11.2. The predicted octanol–water partition coefficient (Wildman–Crippen LogP) is 4.53. The molecule has 6 nitrogen and oxygen atoms in total. The quantitative estimate of drug-likeness (QED) is 0.563. The van der Waals surface area contributed by atoms with Crippen LogP contribution in [0.4, 0.5) is 0 Å². The summed E-state index contributed by atoms with van der Waals surface area (Å²) in [5.74, 6) is 0.646. The fourth-order valence-corrected chi connectivity index (χ4v) is 5.44. The van der Waals surface area contributed by atoms with E-state index >= 15 is 0 Å². The maximum absolute atomic E-state index is 11.8. The van der Waals surface area contributed by atoms with E-state index in [1.807, 2.05) is 24.3 Å². The summed E-state index contributed by atoms with van der Waals surface area (Å²) in [4.78, 5) is 11.8. The molecule has 4 atom stereocenters. The van der Waals surface area contributed by atoms with E-state index in [9.17, 15) is 15.0 Å². The van der Waals surface area contributed by atoms with Gasteiger partial charge in [-0.25, -0.2) is 0 Å². The Morgan fingerprint density at radius 3 is 2.35 bits per heavy atom. The van der Waals surface area contributed by atoms with Gasteiger partial charge in [-0.2, -0.15) is 0 Å². The lowest BCUT2D eigenvalue weighted by Gasteiger charge is -2.34. The summed E-state index contributed by atoms with van der Waals surface area (Å²) in [6, 6.07) is 12.2. The Kier molecular flexibility index (Phi) is 8.11. The highest BCUT2D eigenvalue weighted by Crippen LogP contribution is 2.38. The van der Waals surface area contributed by atoms with E-state index in [-0.39, 0.29) is 29.9 Å². The molecule has 1 fully saturated rings. The average Bonchev–Trinajstić information content (AvgIpc) is 2.81. The number of benzene rings is 2. The number of methoxy groups -OCH3 is 1. The molecule has 2 aromatic carbocycles. The normalized spacial score (nSPS) is 25.7. The van der Waals surface area contributed by atoms with Crippen molar-refractivity contribution < 1.29 is 24.5 Å². The van der Waals surface area contributed by atoms with Gasteiger partial charge < -0.3 is 25.0 Å². The number of carbonyl (C=O) groups excluding carboxylic acids is 1. The van der Waals surface area contributed by atoms with Crippen LogP contribution in [0.1, 0.15) is 63.0 Å². The summed E-state index contributed by atoms with van der Waals surface area (Å²) in [7, 11) is 1.63. The highest BCUT2D eigenvalue weighted by Gasteiger charge is 2.27. The number of rotatable bonds is 2. The minimum atomic E-state index is -0.397. The first kappa shape index (κ1) is 24.6. The maximum atomic E-state index is 11.8. The fraction of sp³-hybridized carbons (Fsp3) is 0.536. The van der Waals surface area contributed by atoms with Gasteiger partial charge in [-0.05, 0) is 86.8 Å². The van der Waals surface area contributed by atoms with Gasteiger partial charge >= 0.3 is 5.97 Å². The van der Waals surface area contributed by atoms with Gasteiger partial charge in [0.05, 0.1) is 13.2 Å². The highest BCUT2D eigenvalue weighted by molar-refractivity contribution is 5.76. The van der Waals surface area contributed by atoms with Crippen LogP contribution in [0.15, 0.2) is 36.4 Å². The number of aromatic hydroxyl groups is 1. The van der Waals surface area contributed by atoms with Crippen LogP contribution >= 0.6 is 0 Å². The number of phenolic OH excluding ortho intramolecular Hbond substituents is 1. The van der Waals surface area contributed by atoms with Crippen molar-refractivity contribution in [1.82, 2.24) is 5.32 Å². The predicted molar refractivity (Wildman–Crippen MR) is 132 cm³/mol. The number of aryl methyl sites for hydroxylation is 2. The lowest BCUT2D eigenvalue weighted by Crippen LogP contribution is -2.45. The van der Waals surface area contributed by atoms with E-state index in [0.717, 1.165) is 67.2 Å². The summed E-state index contributed by atoms with van der Waals surface area (Å²) < 4.78 is 11.3. The Balaban J connectivity index is 1.68. The van der Waals surface area contributed by atoms with Crippen LogP contribution in [0.5, 0.6) is 11.5 Å². The number of ether oxygens (including phenoxy) is 2. The largest absolute Gasteiger partial charge is 0.507 e. The van der Waals surface area contributed by atoms with Crippen molar-refractivity contribution >= 4 is 5.97 Å². The molecule has 0 aliphatic carbocycles. The zero-order valence-electron chi connectivity index (χ0n) is 20.3. The van der Waals surface area contributed by atoms with Crippen molar-refractivity contribution in [1.29, 1.82) is 0 Å². The van der Waals surface area contributed by atoms with E-state index in [0.29, 0.717) is 18.6 Å². The first-order chi connectivity index (χ1) is 16.4. The van der Waals surface area contributed by atoms with E-state index in [1.54, 1.807) is 13.2 Å². The first-order valence-electron chi connectivity index (χ1n) is 12.5. The molecule has 4 rings (SSSR count). The average molecular weight is 468 g/mol. The summed E-state index contributed by atoms with van der Waals surface area (Å²) >= 11 is 0. The van der Waals surface area contributed by atoms with E-state index < -0.39 is 6.10 Å². The van der Waals surface area contributed by atoms with Crippen molar-refractivity contribution in [2.24, 2.45) is 0 Å². The van der Waals surface area contributed by atoms with Crippen molar-refractivity contribution in [2.75, 3.05) is 7.11 Å². The second-order valence-electron chi connectivity index (χ2n) is 9.81. The van der Waals surface area contributed by atoms with Gasteiger partial charge in [0.2, 0.25) is 0 Å². The van der Waals surface area contributed by atoms with Crippen LogP contribution < -0.4 is 10.1 Å². The van der Waals surface area contributed by atoms with Crippen LogP contribution in [0.3, 0.4) is 0 Å². The van der Waals surface area contributed by atoms with Gasteiger partial charge in [-0.1, -0.05) is 18.6 Å². The van der Waals surface area contributed by atoms with Crippen LogP contribution in [-0.2, 0) is 22.4 Å². The Bertz CT molecular complexity index is 991. The molecule has 0 unspecified atom stereocenters. The minimum absolute atomic E-state index is 0.170. The number of hydrogen-bond donors (Lipinski definition) is 3. The van der Waals surface area contributed by atoms with Crippen molar-refractivity contribution in [3.05, 3.63) is 47.5 Å². The van der Waals surface area contributed by atoms with E-state index in [4.69, 9.17) is 9.47 Å². The summed E-state index contributed by atoms with van der Waals surface area (Å²) in [5.41, 5.74) is 3.75. The number of fused-ring (bicyclic) bond motifs is 7. The first-order valence-corrected chi connectivity index (χ1v) is 12.5. The molecule has 0 saturated carbocycles. The van der Waals surface area contributed by atoms with Crippen molar-refractivity contribution in [2.45, 2.75) is 89.0 Å². The zero-order chi connectivity index (χ0) is 24.1. The number of phenols is 1. The molecule has 0 spiro atoms. The molecule has 0 amide bonds. The lowest BCUT2D eigenvalue weighted by molar-refractivity contribution is -0.147. The van der Waals surface area contributed by atoms with Crippen molar-refractivity contribution in [3.8, 4) is 22.6 Å². The molecule has 6 bridgehead atoms. The number of piperidine rings is 1. The van der Waals surface area contributed by atoms with Gasteiger partial charge in [-0.3, -0.25) is 4.79 Å². The van der Waals surface area contributed by atoms with Gasteiger partial charge in [-0.15, -0.1) is 0 Å². The van der Waals surface area contributed by atoms with Gasteiger partial charge in [0.25, 0.3) is 0 Å². The molecule has 6 heteroatoms. The third-order valence-electron chi connectivity index (χ3n) is 7.15. The molecule has 2 aliphatic heterocycles. The topological polar surface area (TPSA) is 88.0 Å². The Morgan fingerprint density at radius 1 is 0.941 bits per heavy atom. The second-order valence-corrected chi connectivity index (χ2v) is 9.81. The molecule has 1 saturated heterocycles. The lowest BCUT2D eigenvalue weighted by atomic mass is 9.90. The number of hydrogen-bond acceptors (Lipinski definition) is 6. The highest BCUT2D eigenvalue weighted by atomic mass is 16.5. The molecule has 2 aliphatic rings. The third-order valence-corrected chi connectivity index (χ3v) is 7.15. The van der Waals surface area contributed by atoms with Gasteiger partial charge in [0, 0.05) is 30.1 Å². The zero-order valence-corrected chi connectivity index (χ0v) is 20.3. The maximum Gasteiger partial charge on any atom is 0.302 e. The minimum Gasteiger partial charge on any atom is -0.507 e. The van der Waals surface area contributed by atoms with Crippen LogP contribution in [-0.4, -0.2) is 47.6 Å². The van der Waals surface area contributed by atoms with Crippen LogP contribution in [0.2, 0.25) is 0 Å². The van der Waals surface area contributed by atoms with E-state index in [1.165, 1.54) is 6.92 Å². The van der Waals surface area contributed by atoms with Crippen LogP contribution in [0.25, 0.3) is 11.1 Å². The Hall–Kier alpha value is -2.57. The molecule has 184 valence electrons. The molecular weight excluding hydrogens is 430 g/mol. The van der Waals surface area contributed by atoms with Gasteiger partial charge in [0.15, 0.2) is 0 Å². The molecule has 34 heavy (non-hydrogen) atoms. The third kappa shape index (κ3) is 6.30. The van der Waals surface area contributed by atoms with Crippen molar-refractivity contribution in [3.63, 3.8) is 0 Å². The molecule has 0 aromatic heterocycles. The van der Waals surface area contributed by atoms with Crippen LogP contribution in [0, 0.1) is 0 Å². The molecular formula is C28H37NO5. The standard InChI is InChI=1S/C28H37NO5/c1-18(30)34-24-11-7-20-9-13-28(33-2)26(15-20)25-14-19(8-12-27(25)32)6-10-23(31)16-21-4-3-5-22(17-24)29-21/h8-9,12-15,21-24,29,31-32H,3-7,10-11,16-17H2,1-2H3/t21-,22-,23+,24+/m1/s1. The SMILES string of the molecule is COc1ccc2cc1-c1cc(ccc1O)CC[C@H](O)C[C@H]1CCC[C@H](C[C@@H](OC(C)=O)CC2)N1. The monoisotopic (exact) mass is 467 g/mol. The fourth-order valence-electron chi connectivity index (χ4n) is 5.44. The smallest absolute Gasteiger partial charge is 0.302 e. The number of aliphatic hydroxyl groups is 1. The van der Waals surface area contributed by atoms with Gasteiger partial charge in [0.1, 0.15) is 17.6 Å². The number of aliphatic hydroxyl groups excluding tert-OH is 1.